The minimum Gasteiger partial charge on any atom is -0.481 e. The predicted octanol–water partition coefficient (Wildman–Crippen LogP) is 1.79. The van der Waals surface area contributed by atoms with Crippen LogP contribution in [0.5, 0.6) is 0 Å². The number of halogens is 1. The lowest BCUT2D eigenvalue weighted by atomic mass is 10.1. The van der Waals surface area contributed by atoms with Crippen LogP contribution in [0.15, 0.2) is 24.3 Å². The Bertz CT molecular complexity index is 509. The molecular weight excluding hydrogens is 281 g/mol. The molecule has 0 aliphatic carbocycles. The molecule has 108 valence electrons. The van der Waals surface area contributed by atoms with E-state index in [1.807, 2.05) is 0 Å². The second-order valence-corrected chi connectivity index (χ2v) is 5.83. The molecule has 20 heavy (non-hydrogen) atoms. The first-order valence-corrected chi connectivity index (χ1v) is 7.56. The first kappa shape index (κ1) is 14.8. The van der Waals surface area contributed by atoms with Crippen LogP contribution in [0.25, 0.3) is 0 Å². The van der Waals surface area contributed by atoms with E-state index < -0.39 is 11.8 Å². The standard InChI is InChI=1S/C14H16FNO3S/c15-12-4-2-1-3-10(12)7-13(17)16-5-6-20-9-11(16)8-14(18)19/h1-4,11H,5-9H2,(H,18,19). The summed E-state index contributed by atoms with van der Waals surface area (Å²) >= 11 is 1.64. The van der Waals surface area contributed by atoms with Gasteiger partial charge >= 0.3 is 5.97 Å². The Morgan fingerprint density at radius 1 is 1.40 bits per heavy atom. The Kier molecular flexibility index (Phi) is 5.00. The Balaban J connectivity index is 2.06. The van der Waals surface area contributed by atoms with Crippen molar-refractivity contribution in [3.8, 4) is 0 Å². The summed E-state index contributed by atoms with van der Waals surface area (Å²) in [5.41, 5.74) is 0.352. The van der Waals surface area contributed by atoms with E-state index in [2.05, 4.69) is 0 Å². The molecule has 1 atom stereocenters. The van der Waals surface area contributed by atoms with Crippen molar-refractivity contribution >= 4 is 23.6 Å². The van der Waals surface area contributed by atoms with Crippen LogP contribution in [0.4, 0.5) is 4.39 Å². The summed E-state index contributed by atoms with van der Waals surface area (Å²) in [4.78, 5) is 24.7. The predicted molar refractivity (Wildman–Crippen MR) is 75.2 cm³/mol. The topological polar surface area (TPSA) is 57.6 Å². The van der Waals surface area contributed by atoms with Crippen LogP contribution >= 0.6 is 11.8 Å². The molecular formula is C14H16FNO3S. The van der Waals surface area contributed by atoms with Gasteiger partial charge in [-0.25, -0.2) is 4.39 Å². The summed E-state index contributed by atoms with van der Waals surface area (Å²) in [5.74, 6) is -0.112. The third-order valence-corrected chi connectivity index (χ3v) is 4.35. The number of benzene rings is 1. The van der Waals surface area contributed by atoms with E-state index in [-0.39, 0.29) is 24.8 Å². The first-order valence-electron chi connectivity index (χ1n) is 6.40. The van der Waals surface area contributed by atoms with Gasteiger partial charge in [0.2, 0.25) is 5.91 Å². The molecule has 0 aromatic heterocycles. The van der Waals surface area contributed by atoms with Gasteiger partial charge in [0.25, 0.3) is 0 Å². The van der Waals surface area contributed by atoms with E-state index in [4.69, 9.17) is 5.11 Å². The van der Waals surface area contributed by atoms with Gasteiger partial charge in [0.1, 0.15) is 5.82 Å². The number of thioether (sulfide) groups is 1. The Labute approximate surface area is 121 Å². The first-order chi connectivity index (χ1) is 9.58. The summed E-state index contributed by atoms with van der Waals surface area (Å²) in [6, 6.07) is 5.87. The molecule has 0 bridgehead atoms. The number of carboxylic acid groups (broad SMARTS) is 1. The Morgan fingerprint density at radius 3 is 2.85 bits per heavy atom. The van der Waals surface area contributed by atoms with Crippen LogP contribution in [0.1, 0.15) is 12.0 Å². The van der Waals surface area contributed by atoms with Crippen molar-refractivity contribution in [2.45, 2.75) is 18.9 Å². The van der Waals surface area contributed by atoms with Crippen molar-refractivity contribution in [2.75, 3.05) is 18.1 Å². The SMILES string of the molecule is O=C(O)CC1CSCCN1C(=O)Cc1ccccc1F. The lowest BCUT2D eigenvalue weighted by molar-refractivity contribution is -0.140. The van der Waals surface area contributed by atoms with Crippen LogP contribution in [0, 0.1) is 5.82 Å². The van der Waals surface area contributed by atoms with E-state index in [9.17, 15) is 14.0 Å². The summed E-state index contributed by atoms with van der Waals surface area (Å²) in [6.07, 6.45) is -0.0799. The lowest BCUT2D eigenvalue weighted by Crippen LogP contribution is -2.47. The van der Waals surface area contributed by atoms with Gasteiger partial charge in [-0.05, 0) is 11.6 Å². The van der Waals surface area contributed by atoms with Gasteiger partial charge in [0.15, 0.2) is 0 Å². The van der Waals surface area contributed by atoms with Gasteiger partial charge in [-0.15, -0.1) is 0 Å². The quantitative estimate of drug-likeness (QED) is 0.920. The maximum absolute atomic E-state index is 13.6. The number of nitrogens with zero attached hydrogens (tertiary/aromatic N) is 1. The monoisotopic (exact) mass is 297 g/mol. The normalized spacial score (nSPS) is 18.9. The summed E-state index contributed by atoms with van der Waals surface area (Å²) in [6.45, 7) is 0.524. The van der Waals surface area contributed by atoms with Crippen LogP contribution in [-0.4, -0.2) is 46.0 Å². The number of rotatable bonds is 4. The molecule has 0 spiro atoms. The van der Waals surface area contributed by atoms with Crippen molar-refractivity contribution in [3.05, 3.63) is 35.6 Å². The number of hydrogen-bond acceptors (Lipinski definition) is 3. The second-order valence-electron chi connectivity index (χ2n) is 4.68. The minimum atomic E-state index is -0.916. The molecule has 1 aromatic carbocycles. The number of hydrogen-bond donors (Lipinski definition) is 1. The van der Waals surface area contributed by atoms with Crippen molar-refractivity contribution in [1.29, 1.82) is 0 Å². The molecule has 0 radical (unpaired) electrons. The number of carbonyl (C=O) groups excluding carboxylic acids is 1. The summed E-state index contributed by atoms with van der Waals surface area (Å²) in [5, 5.41) is 8.89. The van der Waals surface area contributed by atoms with E-state index in [0.717, 1.165) is 5.75 Å². The highest BCUT2D eigenvalue weighted by Gasteiger charge is 2.29. The van der Waals surface area contributed by atoms with E-state index in [0.29, 0.717) is 17.9 Å². The number of carboxylic acids is 1. The molecule has 1 saturated heterocycles. The fraction of sp³-hybridized carbons (Fsp3) is 0.429. The van der Waals surface area contributed by atoms with Crippen LogP contribution in [-0.2, 0) is 16.0 Å². The Morgan fingerprint density at radius 2 is 2.15 bits per heavy atom. The highest BCUT2D eigenvalue weighted by Crippen LogP contribution is 2.20. The lowest BCUT2D eigenvalue weighted by Gasteiger charge is -2.34. The molecule has 4 nitrogen and oxygen atoms in total. The van der Waals surface area contributed by atoms with Crippen molar-refractivity contribution in [3.63, 3.8) is 0 Å². The van der Waals surface area contributed by atoms with Crippen molar-refractivity contribution in [1.82, 2.24) is 4.90 Å². The molecule has 1 N–H and O–H groups in total. The maximum atomic E-state index is 13.6. The zero-order valence-electron chi connectivity index (χ0n) is 10.9. The molecule has 6 heteroatoms. The number of aliphatic carboxylic acids is 1. The van der Waals surface area contributed by atoms with Crippen molar-refractivity contribution in [2.24, 2.45) is 0 Å². The Hall–Kier alpha value is -1.56. The minimum absolute atomic E-state index is 0.0204. The zero-order chi connectivity index (χ0) is 14.5. The largest absolute Gasteiger partial charge is 0.481 e. The highest BCUT2D eigenvalue weighted by molar-refractivity contribution is 7.99. The molecule has 1 aromatic rings. The second kappa shape index (κ2) is 6.74. The molecule has 1 unspecified atom stereocenters. The fourth-order valence-electron chi connectivity index (χ4n) is 2.26. The third kappa shape index (κ3) is 3.72. The van der Waals surface area contributed by atoms with Crippen LogP contribution in [0.2, 0.25) is 0 Å². The zero-order valence-corrected chi connectivity index (χ0v) is 11.7. The van der Waals surface area contributed by atoms with E-state index in [1.165, 1.54) is 6.07 Å². The van der Waals surface area contributed by atoms with Gasteiger partial charge in [-0.1, -0.05) is 18.2 Å². The van der Waals surface area contributed by atoms with Crippen molar-refractivity contribution < 1.29 is 19.1 Å². The molecule has 1 fully saturated rings. The highest BCUT2D eigenvalue weighted by atomic mass is 32.2. The number of carbonyl (C=O) groups is 2. The smallest absolute Gasteiger partial charge is 0.305 e. The summed E-state index contributed by atoms with van der Waals surface area (Å²) < 4.78 is 13.6. The molecule has 1 aliphatic rings. The van der Waals surface area contributed by atoms with Gasteiger partial charge in [0, 0.05) is 18.1 Å². The average molecular weight is 297 g/mol. The maximum Gasteiger partial charge on any atom is 0.305 e. The van der Waals surface area contributed by atoms with Gasteiger partial charge in [-0.3, -0.25) is 9.59 Å². The number of amides is 1. The molecule has 1 heterocycles. The average Bonchev–Trinajstić information content (AvgIpc) is 2.41. The van der Waals surface area contributed by atoms with Crippen LogP contribution < -0.4 is 0 Å². The van der Waals surface area contributed by atoms with Gasteiger partial charge in [-0.2, -0.15) is 11.8 Å². The van der Waals surface area contributed by atoms with E-state index in [1.54, 1.807) is 34.9 Å². The van der Waals surface area contributed by atoms with E-state index >= 15 is 0 Å². The molecule has 2 rings (SSSR count). The van der Waals surface area contributed by atoms with Crippen LogP contribution in [0.3, 0.4) is 0 Å². The summed E-state index contributed by atoms with van der Waals surface area (Å²) in [7, 11) is 0. The molecule has 0 saturated carbocycles. The third-order valence-electron chi connectivity index (χ3n) is 3.26. The fourth-order valence-corrected chi connectivity index (χ4v) is 3.32. The van der Waals surface area contributed by atoms with Gasteiger partial charge in [0.05, 0.1) is 18.9 Å². The molecule has 1 amide bonds. The van der Waals surface area contributed by atoms with Gasteiger partial charge < -0.3 is 10.0 Å². The molecule has 1 aliphatic heterocycles.